The maximum atomic E-state index is 9.32. The molecule has 1 saturated heterocycles. The Morgan fingerprint density at radius 1 is 1.33 bits per heavy atom. The number of methoxy groups -OCH3 is 2. The summed E-state index contributed by atoms with van der Waals surface area (Å²) in [4.78, 5) is 0. The lowest BCUT2D eigenvalue weighted by Crippen LogP contribution is -2.21. The smallest absolute Gasteiger partial charge is 0.160 e. The van der Waals surface area contributed by atoms with Crippen molar-refractivity contribution < 1.29 is 14.2 Å². The molecule has 4 heteroatoms. The number of hydrogen-bond donors (Lipinski definition) is 0. The van der Waals surface area contributed by atoms with Gasteiger partial charge in [-0.1, -0.05) is 6.07 Å². The first kappa shape index (κ1) is 12.7. The Hall–Kier alpha value is -1.73. The van der Waals surface area contributed by atoms with Crippen LogP contribution in [0.5, 0.6) is 11.5 Å². The highest BCUT2D eigenvalue weighted by Crippen LogP contribution is 2.35. The van der Waals surface area contributed by atoms with Crippen molar-refractivity contribution in [2.75, 3.05) is 27.4 Å². The average Bonchev–Trinajstić information content (AvgIpc) is 2.87. The summed E-state index contributed by atoms with van der Waals surface area (Å²) in [5.41, 5.74) is 0.680. The first-order valence-corrected chi connectivity index (χ1v) is 5.93. The van der Waals surface area contributed by atoms with Crippen LogP contribution < -0.4 is 9.47 Å². The van der Waals surface area contributed by atoms with E-state index in [4.69, 9.17) is 14.2 Å². The van der Waals surface area contributed by atoms with Crippen LogP contribution in [-0.2, 0) is 11.2 Å². The van der Waals surface area contributed by atoms with E-state index in [1.165, 1.54) is 0 Å². The van der Waals surface area contributed by atoms with E-state index in [1.54, 1.807) is 14.2 Å². The summed E-state index contributed by atoms with van der Waals surface area (Å²) in [5, 5.41) is 9.32. The van der Waals surface area contributed by atoms with Crippen LogP contribution in [-0.4, -0.2) is 27.4 Å². The number of benzene rings is 1. The summed E-state index contributed by atoms with van der Waals surface area (Å²) in [6, 6.07) is 8.16. The van der Waals surface area contributed by atoms with Crippen LogP contribution in [0.1, 0.15) is 12.0 Å². The fourth-order valence-corrected chi connectivity index (χ4v) is 2.26. The highest BCUT2D eigenvalue weighted by molar-refractivity contribution is 5.43. The summed E-state index contributed by atoms with van der Waals surface area (Å²) in [6.07, 6.45) is 1.47. The van der Waals surface area contributed by atoms with Crippen LogP contribution in [0.25, 0.3) is 0 Å². The Morgan fingerprint density at radius 2 is 2.11 bits per heavy atom. The number of rotatable bonds is 4. The second kappa shape index (κ2) is 5.28. The molecule has 1 fully saturated rings. The molecule has 2 rings (SSSR count). The van der Waals surface area contributed by atoms with Crippen molar-refractivity contribution >= 4 is 0 Å². The van der Waals surface area contributed by atoms with Gasteiger partial charge >= 0.3 is 0 Å². The Balaban J connectivity index is 2.22. The SMILES string of the molecule is COc1ccc(CC2(C#N)CCOC2)cc1OC. The number of nitrogens with zero attached hydrogens (tertiary/aromatic N) is 1. The summed E-state index contributed by atoms with van der Waals surface area (Å²) in [6.45, 7) is 1.18. The van der Waals surface area contributed by atoms with E-state index in [1.807, 2.05) is 18.2 Å². The molecule has 1 aromatic rings. The highest BCUT2D eigenvalue weighted by atomic mass is 16.5. The molecule has 96 valence electrons. The van der Waals surface area contributed by atoms with Crippen molar-refractivity contribution in [2.45, 2.75) is 12.8 Å². The molecule has 1 aliphatic heterocycles. The van der Waals surface area contributed by atoms with Crippen molar-refractivity contribution in [3.63, 3.8) is 0 Å². The minimum absolute atomic E-state index is 0.389. The van der Waals surface area contributed by atoms with Crippen LogP contribution in [0.3, 0.4) is 0 Å². The lowest BCUT2D eigenvalue weighted by molar-refractivity contribution is 0.171. The monoisotopic (exact) mass is 247 g/mol. The largest absolute Gasteiger partial charge is 0.493 e. The van der Waals surface area contributed by atoms with Crippen LogP contribution in [0.4, 0.5) is 0 Å². The van der Waals surface area contributed by atoms with Gasteiger partial charge in [0.05, 0.1) is 32.3 Å². The van der Waals surface area contributed by atoms with Crippen molar-refractivity contribution in [1.29, 1.82) is 5.26 Å². The fraction of sp³-hybridized carbons (Fsp3) is 0.500. The second-order valence-electron chi connectivity index (χ2n) is 4.56. The van der Waals surface area contributed by atoms with Gasteiger partial charge < -0.3 is 14.2 Å². The summed E-state index contributed by atoms with van der Waals surface area (Å²) < 4.78 is 15.8. The predicted molar refractivity (Wildman–Crippen MR) is 66.7 cm³/mol. The molecule has 1 unspecified atom stereocenters. The van der Waals surface area contributed by atoms with Crippen LogP contribution in [0, 0.1) is 16.7 Å². The van der Waals surface area contributed by atoms with E-state index in [0.29, 0.717) is 31.1 Å². The second-order valence-corrected chi connectivity index (χ2v) is 4.56. The molecule has 0 amide bonds. The molecule has 0 spiro atoms. The minimum Gasteiger partial charge on any atom is -0.493 e. The Morgan fingerprint density at radius 3 is 2.67 bits per heavy atom. The van der Waals surface area contributed by atoms with Crippen molar-refractivity contribution in [3.8, 4) is 17.6 Å². The zero-order valence-electron chi connectivity index (χ0n) is 10.7. The zero-order chi connectivity index (χ0) is 13.0. The molecule has 1 aromatic carbocycles. The molecule has 0 aliphatic carbocycles. The molecule has 0 saturated carbocycles. The first-order valence-electron chi connectivity index (χ1n) is 5.93. The molecule has 0 N–H and O–H groups in total. The van der Waals surface area contributed by atoms with Gasteiger partial charge in [0, 0.05) is 6.61 Å². The molecule has 1 heterocycles. The number of nitriles is 1. The standard InChI is InChI=1S/C14H17NO3/c1-16-12-4-3-11(7-13(12)17-2)8-14(9-15)5-6-18-10-14/h3-4,7H,5-6,8,10H2,1-2H3. The molecular weight excluding hydrogens is 230 g/mol. The molecule has 4 nitrogen and oxygen atoms in total. The number of hydrogen-bond acceptors (Lipinski definition) is 4. The van der Waals surface area contributed by atoms with Gasteiger partial charge in [-0.2, -0.15) is 5.26 Å². The minimum atomic E-state index is -0.389. The van der Waals surface area contributed by atoms with E-state index < -0.39 is 0 Å². The third-order valence-electron chi connectivity index (χ3n) is 3.33. The molecule has 0 bridgehead atoms. The van der Waals surface area contributed by atoms with Crippen LogP contribution in [0.15, 0.2) is 18.2 Å². The molecule has 0 aromatic heterocycles. The van der Waals surface area contributed by atoms with E-state index in [2.05, 4.69) is 6.07 Å². The predicted octanol–water partition coefficient (Wildman–Crippen LogP) is 2.18. The van der Waals surface area contributed by atoms with Crippen molar-refractivity contribution in [1.82, 2.24) is 0 Å². The Labute approximate surface area is 107 Å². The van der Waals surface area contributed by atoms with Gasteiger partial charge in [-0.25, -0.2) is 0 Å². The molecule has 1 aliphatic rings. The average molecular weight is 247 g/mol. The van der Waals surface area contributed by atoms with Gasteiger partial charge in [0.15, 0.2) is 11.5 Å². The fourth-order valence-electron chi connectivity index (χ4n) is 2.26. The molecule has 1 atom stereocenters. The van der Waals surface area contributed by atoms with E-state index in [-0.39, 0.29) is 5.41 Å². The van der Waals surface area contributed by atoms with Crippen LogP contribution >= 0.6 is 0 Å². The van der Waals surface area contributed by atoms with E-state index in [9.17, 15) is 5.26 Å². The summed E-state index contributed by atoms with van der Waals surface area (Å²) >= 11 is 0. The highest BCUT2D eigenvalue weighted by Gasteiger charge is 2.35. The van der Waals surface area contributed by atoms with Crippen molar-refractivity contribution in [3.05, 3.63) is 23.8 Å². The third-order valence-corrected chi connectivity index (χ3v) is 3.33. The quantitative estimate of drug-likeness (QED) is 0.818. The number of ether oxygens (including phenoxy) is 3. The lowest BCUT2D eigenvalue weighted by Gasteiger charge is -2.19. The normalized spacial score (nSPS) is 22.5. The lowest BCUT2D eigenvalue weighted by atomic mass is 9.82. The maximum absolute atomic E-state index is 9.32. The van der Waals surface area contributed by atoms with Gasteiger partial charge in [0.2, 0.25) is 0 Å². The zero-order valence-corrected chi connectivity index (χ0v) is 10.7. The van der Waals surface area contributed by atoms with E-state index in [0.717, 1.165) is 12.0 Å². The van der Waals surface area contributed by atoms with Crippen LogP contribution in [0.2, 0.25) is 0 Å². The maximum Gasteiger partial charge on any atom is 0.160 e. The van der Waals surface area contributed by atoms with Gasteiger partial charge in [-0.15, -0.1) is 0 Å². The molecular formula is C14H17NO3. The molecule has 18 heavy (non-hydrogen) atoms. The summed E-state index contributed by atoms with van der Waals surface area (Å²) in [5.74, 6) is 1.40. The molecule has 0 radical (unpaired) electrons. The van der Waals surface area contributed by atoms with Gasteiger partial charge in [0.1, 0.15) is 0 Å². The van der Waals surface area contributed by atoms with Gasteiger partial charge in [0.25, 0.3) is 0 Å². The van der Waals surface area contributed by atoms with Gasteiger partial charge in [-0.3, -0.25) is 0 Å². The Kier molecular flexibility index (Phi) is 3.73. The topological polar surface area (TPSA) is 51.5 Å². The third kappa shape index (κ3) is 2.41. The van der Waals surface area contributed by atoms with Gasteiger partial charge in [-0.05, 0) is 30.5 Å². The Bertz CT molecular complexity index is 459. The summed E-state index contributed by atoms with van der Waals surface area (Å²) in [7, 11) is 3.22. The van der Waals surface area contributed by atoms with E-state index >= 15 is 0 Å². The first-order chi connectivity index (χ1) is 8.73. The van der Waals surface area contributed by atoms with Crippen molar-refractivity contribution in [2.24, 2.45) is 5.41 Å².